The predicted octanol–water partition coefficient (Wildman–Crippen LogP) is 2.69. The number of rotatable bonds is 4. The number of piperidine rings is 2. The summed E-state index contributed by atoms with van der Waals surface area (Å²) >= 11 is 0. The number of hydrogen-bond donors (Lipinski definition) is 1. The molecule has 3 heterocycles. The van der Waals surface area contributed by atoms with E-state index in [9.17, 15) is 0 Å². The Bertz CT molecular complexity index is 546. The quantitative estimate of drug-likeness (QED) is 0.414. The second kappa shape index (κ2) is 10.5. The Labute approximate surface area is 175 Å². The predicted molar refractivity (Wildman–Crippen MR) is 118 cm³/mol. The fourth-order valence-corrected chi connectivity index (χ4v) is 4.24. The molecular formula is C19H35IN6. The zero-order chi connectivity index (χ0) is 17.6. The Balaban J connectivity index is 0.00000243. The van der Waals surface area contributed by atoms with Crippen molar-refractivity contribution < 1.29 is 0 Å². The number of nitrogens with zero attached hydrogens (tertiary/aromatic N) is 5. The van der Waals surface area contributed by atoms with E-state index in [0.717, 1.165) is 38.1 Å². The first-order chi connectivity index (χ1) is 12.2. The Hall–Kier alpha value is -0.830. The third-order valence-electron chi connectivity index (χ3n) is 5.79. The summed E-state index contributed by atoms with van der Waals surface area (Å²) in [6.07, 6.45) is 9.81. The molecule has 0 spiro atoms. The first-order valence-corrected chi connectivity index (χ1v) is 9.82. The van der Waals surface area contributed by atoms with Gasteiger partial charge < -0.3 is 19.7 Å². The van der Waals surface area contributed by atoms with E-state index in [4.69, 9.17) is 0 Å². The van der Waals surface area contributed by atoms with Gasteiger partial charge in [0.15, 0.2) is 5.96 Å². The molecule has 3 unspecified atom stereocenters. The fourth-order valence-electron chi connectivity index (χ4n) is 4.24. The lowest BCUT2D eigenvalue weighted by molar-refractivity contribution is 0.179. The van der Waals surface area contributed by atoms with E-state index in [2.05, 4.69) is 49.7 Å². The van der Waals surface area contributed by atoms with E-state index in [0.29, 0.717) is 12.0 Å². The van der Waals surface area contributed by atoms with Crippen molar-refractivity contribution in [3.63, 3.8) is 0 Å². The van der Waals surface area contributed by atoms with Crippen molar-refractivity contribution in [2.45, 2.75) is 39.2 Å². The molecule has 2 fully saturated rings. The third-order valence-corrected chi connectivity index (χ3v) is 5.79. The molecule has 2 aliphatic rings. The number of guanidine groups is 1. The first kappa shape index (κ1) is 21.5. The highest BCUT2D eigenvalue weighted by Crippen LogP contribution is 2.27. The third kappa shape index (κ3) is 5.58. The van der Waals surface area contributed by atoms with Crippen LogP contribution in [0.1, 0.15) is 39.2 Å². The van der Waals surface area contributed by atoms with Gasteiger partial charge in [0.05, 0.1) is 12.4 Å². The van der Waals surface area contributed by atoms with Crippen LogP contribution < -0.4 is 5.32 Å². The van der Waals surface area contributed by atoms with Crippen LogP contribution in [0.25, 0.3) is 0 Å². The van der Waals surface area contributed by atoms with Gasteiger partial charge in [-0.1, -0.05) is 13.8 Å². The van der Waals surface area contributed by atoms with Crippen LogP contribution in [0.2, 0.25) is 0 Å². The van der Waals surface area contributed by atoms with Crippen LogP contribution in [-0.4, -0.2) is 71.6 Å². The number of hydrogen-bond acceptors (Lipinski definition) is 3. The fraction of sp³-hybridized carbons (Fsp3) is 0.789. The van der Waals surface area contributed by atoms with Gasteiger partial charge in [-0.3, -0.25) is 4.99 Å². The van der Waals surface area contributed by atoms with Gasteiger partial charge >= 0.3 is 0 Å². The smallest absolute Gasteiger partial charge is 0.193 e. The summed E-state index contributed by atoms with van der Waals surface area (Å²) in [4.78, 5) is 13.8. The molecule has 0 aliphatic carbocycles. The number of halogens is 1. The van der Waals surface area contributed by atoms with Crippen molar-refractivity contribution in [1.82, 2.24) is 24.7 Å². The van der Waals surface area contributed by atoms with E-state index >= 15 is 0 Å². The lowest BCUT2D eigenvalue weighted by Crippen LogP contribution is -2.50. The van der Waals surface area contributed by atoms with Crippen molar-refractivity contribution in [2.24, 2.45) is 16.8 Å². The summed E-state index contributed by atoms with van der Waals surface area (Å²) in [6, 6.07) is 0.470. The summed E-state index contributed by atoms with van der Waals surface area (Å²) in [5, 5.41) is 3.59. The average molecular weight is 474 g/mol. The highest BCUT2D eigenvalue weighted by Gasteiger charge is 2.28. The Kier molecular flexibility index (Phi) is 8.66. The maximum Gasteiger partial charge on any atom is 0.193 e. The first-order valence-electron chi connectivity index (χ1n) is 9.82. The molecule has 3 rings (SSSR count). The number of likely N-dealkylation sites (tertiary alicyclic amines) is 2. The highest BCUT2D eigenvalue weighted by molar-refractivity contribution is 14.0. The van der Waals surface area contributed by atoms with Gasteiger partial charge in [-0.2, -0.15) is 0 Å². The van der Waals surface area contributed by atoms with E-state index in [1.807, 2.05) is 19.6 Å². The minimum Gasteiger partial charge on any atom is -0.355 e. The van der Waals surface area contributed by atoms with Crippen molar-refractivity contribution in [3.8, 4) is 0 Å². The molecule has 0 aromatic carbocycles. The van der Waals surface area contributed by atoms with Gasteiger partial charge in [-0.15, -0.1) is 24.0 Å². The molecule has 0 radical (unpaired) electrons. The lowest BCUT2D eigenvalue weighted by atomic mass is 9.93. The summed E-state index contributed by atoms with van der Waals surface area (Å²) in [5.74, 6) is 2.55. The topological polar surface area (TPSA) is 48.7 Å². The number of aromatic nitrogens is 2. The molecule has 3 atom stereocenters. The molecule has 1 aromatic rings. The minimum atomic E-state index is 0. The van der Waals surface area contributed by atoms with Crippen molar-refractivity contribution in [3.05, 3.63) is 18.7 Å². The van der Waals surface area contributed by atoms with E-state index in [1.165, 1.54) is 32.4 Å². The van der Waals surface area contributed by atoms with Crippen LogP contribution in [0.3, 0.4) is 0 Å². The van der Waals surface area contributed by atoms with E-state index in [1.54, 1.807) is 0 Å². The maximum atomic E-state index is 4.54. The number of aliphatic imine (C=N–C) groups is 1. The summed E-state index contributed by atoms with van der Waals surface area (Å²) in [5.41, 5.74) is 0. The number of nitrogens with one attached hydrogen (secondary N) is 1. The van der Waals surface area contributed by atoms with Crippen LogP contribution in [0.15, 0.2) is 23.7 Å². The number of imidazole rings is 1. The van der Waals surface area contributed by atoms with Crippen molar-refractivity contribution in [2.75, 3.05) is 46.3 Å². The largest absolute Gasteiger partial charge is 0.355 e. The molecule has 0 amide bonds. The highest BCUT2D eigenvalue weighted by atomic mass is 127. The van der Waals surface area contributed by atoms with Crippen LogP contribution in [0.4, 0.5) is 0 Å². The summed E-state index contributed by atoms with van der Waals surface area (Å²) in [6.45, 7) is 11.3. The molecule has 2 saturated heterocycles. The van der Waals surface area contributed by atoms with Gasteiger partial charge in [-0.05, 0) is 37.6 Å². The van der Waals surface area contributed by atoms with Gasteiger partial charge in [0, 0.05) is 52.2 Å². The summed E-state index contributed by atoms with van der Waals surface area (Å²) in [7, 11) is 1.90. The van der Waals surface area contributed by atoms with Crippen molar-refractivity contribution in [1.29, 1.82) is 0 Å². The molecule has 2 aliphatic heterocycles. The molecule has 1 aromatic heterocycles. The Morgan fingerprint density at radius 1 is 1.23 bits per heavy atom. The second-order valence-corrected chi connectivity index (χ2v) is 7.81. The molecular weight excluding hydrogens is 439 g/mol. The Morgan fingerprint density at radius 3 is 2.77 bits per heavy atom. The van der Waals surface area contributed by atoms with E-state index < -0.39 is 0 Å². The molecule has 0 bridgehead atoms. The van der Waals surface area contributed by atoms with Crippen molar-refractivity contribution >= 4 is 29.9 Å². The lowest BCUT2D eigenvalue weighted by Gasteiger charge is -2.39. The van der Waals surface area contributed by atoms with Gasteiger partial charge in [-0.25, -0.2) is 4.98 Å². The second-order valence-electron chi connectivity index (χ2n) is 7.81. The molecule has 1 N–H and O–H groups in total. The molecule has 0 saturated carbocycles. The summed E-state index contributed by atoms with van der Waals surface area (Å²) < 4.78 is 2.25. The van der Waals surface area contributed by atoms with Crippen LogP contribution in [0, 0.1) is 11.8 Å². The average Bonchev–Trinajstić information content (AvgIpc) is 3.14. The standard InChI is InChI=1S/C19H34N6.HI/c1-16-5-4-9-23(13-16)11-8-22-19(20-3)24-10-6-17(2)18(14-24)25-12-7-21-15-25;/h7,12,15-18H,4-6,8-11,13-14H2,1-3H3,(H,20,22);1H. The molecule has 26 heavy (non-hydrogen) atoms. The van der Waals surface area contributed by atoms with Crippen LogP contribution in [-0.2, 0) is 0 Å². The normalized spacial score (nSPS) is 27.9. The maximum absolute atomic E-state index is 4.54. The van der Waals surface area contributed by atoms with Gasteiger partial charge in [0.25, 0.3) is 0 Å². The monoisotopic (exact) mass is 474 g/mol. The minimum absolute atomic E-state index is 0. The van der Waals surface area contributed by atoms with Gasteiger partial charge in [0.2, 0.25) is 0 Å². The Morgan fingerprint density at radius 2 is 2.08 bits per heavy atom. The van der Waals surface area contributed by atoms with E-state index in [-0.39, 0.29) is 24.0 Å². The van der Waals surface area contributed by atoms with Crippen LogP contribution >= 0.6 is 24.0 Å². The van der Waals surface area contributed by atoms with Crippen LogP contribution in [0.5, 0.6) is 0 Å². The SMILES string of the molecule is CN=C(NCCN1CCCC(C)C1)N1CCC(C)C(n2ccnc2)C1.I. The van der Waals surface area contributed by atoms with Gasteiger partial charge in [0.1, 0.15) is 0 Å². The molecule has 7 heteroatoms. The molecule has 148 valence electrons. The zero-order valence-corrected chi connectivity index (χ0v) is 18.8. The zero-order valence-electron chi connectivity index (χ0n) is 16.5. The molecule has 6 nitrogen and oxygen atoms in total.